The summed E-state index contributed by atoms with van der Waals surface area (Å²) in [7, 11) is 0. The maximum Gasteiger partial charge on any atom is 0.319 e. The Kier molecular flexibility index (Phi) is 4.25. The maximum atomic E-state index is 11.7. The SMILES string of the molecule is O=C(NCc1ccccc1)Nc1ccccc1S. The Morgan fingerprint density at radius 2 is 1.67 bits per heavy atom. The van der Waals surface area contributed by atoms with Gasteiger partial charge < -0.3 is 10.6 Å². The van der Waals surface area contributed by atoms with E-state index in [4.69, 9.17) is 0 Å². The standard InChI is InChI=1S/C14H14N2OS/c17-14(15-10-11-6-2-1-3-7-11)16-12-8-4-5-9-13(12)18/h1-9,18H,10H2,(H2,15,16,17). The quantitative estimate of drug-likeness (QED) is 0.726. The highest BCUT2D eigenvalue weighted by molar-refractivity contribution is 7.80. The number of benzene rings is 2. The van der Waals surface area contributed by atoms with Crippen molar-refractivity contribution in [1.82, 2.24) is 5.32 Å². The van der Waals surface area contributed by atoms with Crippen molar-refractivity contribution in [3.05, 3.63) is 60.2 Å². The summed E-state index contributed by atoms with van der Waals surface area (Å²) in [6, 6.07) is 16.9. The fraction of sp³-hybridized carbons (Fsp3) is 0.0714. The van der Waals surface area contributed by atoms with Crippen LogP contribution < -0.4 is 10.6 Å². The molecule has 0 atom stereocenters. The second-order valence-electron chi connectivity index (χ2n) is 3.81. The third kappa shape index (κ3) is 3.53. The lowest BCUT2D eigenvalue weighted by atomic mass is 10.2. The molecule has 0 aliphatic heterocycles. The number of nitrogens with one attached hydrogen (secondary N) is 2. The molecule has 0 radical (unpaired) electrons. The molecule has 2 amide bonds. The van der Waals surface area contributed by atoms with Gasteiger partial charge in [0.05, 0.1) is 5.69 Å². The molecule has 2 aromatic carbocycles. The monoisotopic (exact) mass is 258 g/mol. The second-order valence-corrected chi connectivity index (χ2v) is 4.29. The van der Waals surface area contributed by atoms with Gasteiger partial charge in [0.2, 0.25) is 0 Å². The molecule has 0 aliphatic carbocycles. The molecule has 0 aliphatic rings. The van der Waals surface area contributed by atoms with E-state index < -0.39 is 0 Å². The van der Waals surface area contributed by atoms with Crippen LogP contribution in [0.3, 0.4) is 0 Å². The van der Waals surface area contributed by atoms with Crippen LogP contribution >= 0.6 is 12.6 Å². The van der Waals surface area contributed by atoms with Gasteiger partial charge in [-0.3, -0.25) is 0 Å². The first-order valence-electron chi connectivity index (χ1n) is 5.62. The Morgan fingerprint density at radius 1 is 1.00 bits per heavy atom. The molecule has 18 heavy (non-hydrogen) atoms. The molecule has 4 heteroatoms. The van der Waals surface area contributed by atoms with Gasteiger partial charge in [-0.2, -0.15) is 0 Å². The Hall–Kier alpha value is -1.94. The highest BCUT2D eigenvalue weighted by Crippen LogP contribution is 2.18. The van der Waals surface area contributed by atoms with E-state index in [1.54, 1.807) is 0 Å². The summed E-state index contributed by atoms with van der Waals surface area (Å²) in [5, 5.41) is 5.54. The summed E-state index contributed by atoms with van der Waals surface area (Å²) < 4.78 is 0. The van der Waals surface area contributed by atoms with E-state index >= 15 is 0 Å². The fourth-order valence-electron chi connectivity index (χ4n) is 1.52. The lowest BCUT2D eigenvalue weighted by Gasteiger charge is -2.09. The highest BCUT2D eigenvalue weighted by atomic mass is 32.1. The average Bonchev–Trinajstić information content (AvgIpc) is 2.40. The zero-order chi connectivity index (χ0) is 12.8. The van der Waals surface area contributed by atoms with Crippen molar-refractivity contribution in [3.63, 3.8) is 0 Å². The van der Waals surface area contributed by atoms with Crippen LogP contribution in [-0.4, -0.2) is 6.03 Å². The molecule has 0 heterocycles. The minimum Gasteiger partial charge on any atom is -0.334 e. The number of carbonyl (C=O) groups excluding carboxylic acids is 1. The van der Waals surface area contributed by atoms with E-state index in [1.807, 2.05) is 54.6 Å². The second kappa shape index (κ2) is 6.12. The zero-order valence-corrected chi connectivity index (χ0v) is 10.7. The lowest BCUT2D eigenvalue weighted by molar-refractivity contribution is 0.251. The summed E-state index contributed by atoms with van der Waals surface area (Å²) >= 11 is 4.27. The number of urea groups is 1. The van der Waals surface area contributed by atoms with Crippen LogP contribution in [0.4, 0.5) is 10.5 Å². The van der Waals surface area contributed by atoms with Crippen LogP contribution in [0.2, 0.25) is 0 Å². The molecule has 0 fully saturated rings. The van der Waals surface area contributed by atoms with E-state index in [1.165, 1.54) is 0 Å². The largest absolute Gasteiger partial charge is 0.334 e. The van der Waals surface area contributed by atoms with Gasteiger partial charge in [0.1, 0.15) is 0 Å². The number of hydrogen-bond donors (Lipinski definition) is 3. The van der Waals surface area contributed by atoms with Gasteiger partial charge in [0, 0.05) is 11.4 Å². The number of thiol groups is 1. The number of rotatable bonds is 3. The Balaban J connectivity index is 1.88. The highest BCUT2D eigenvalue weighted by Gasteiger charge is 2.03. The van der Waals surface area contributed by atoms with Gasteiger partial charge in [-0.05, 0) is 17.7 Å². The van der Waals surface area contributed by atoms with E-state index in [9.17, 15) is 4.79 Å². The molecule has 0 bridgehead atoms. The molecule has 0 unspecified atom stereocenters. The van der Waals surface area contributed by atoms with Crippen LogP contribution in [0, 0.1) is 0 Å². The fourth-order valence-corrected chi connectivity index (χ4v) is 1.74. The molecule has 2 rings (SSSR count). The Morgan fingerprint density at radius 3 is 2.39 bits per heavy atom. The number of amides is 2. The summed E-state index contributed by atoms with van der Waals surface area (Å²) in [6.07, 6.45) is 0. The van der Waals surface area contributed by atoms with Crippen LogP contribution in [0.15, 0.2) is 59.5 Å². The maximum absolute atomic E-state index is 11.7. The molecule has 0 spiro atoms. The predicted octanol–water partition coefficient (Wildman–Crippen LogP) is 3.30. The minimum absolute atomic E-state index is 0.236. The smallest absolute Gasteiger partial charge is 0.319 e. The van der Waals surface area contributed by atoms with Crippen molar-refractivity contribution in [1.29, 1.82) is 0 Å². The van der Waals surface area contributed by atoms with Crippen molar-refractivity contribution in [3.8, 4) is 0 Å². The number of para-hydroxylation sites is 1. The summed E-state index contributed by atoms with van der Waals surface area (Å²) in [5.41, 5.74) is 1.76. The van der Waals surface area contributed by atoms with E-state index in [2.05, 4.69) is 23.3 Å². The third-order valence-electron chi connectivity index (χ3n) is 2.45. The molecule has 0 aromatic heterocycles. The normalized spacial score (nSPS) is 9.83. The zero-order valence-electron chi connectivity index (χ0n) is 9.76. The molecule has 3 nitrogen and oxygen atoms in total. The first kappa shape index (κ1) is 12.5. The Bertz CT molecular complexity index is 528. The van der Waals surface area contributed by atoms with Gasteiger partial charge in [-0.15, -0.1) is 12.6 Å². The average molecular weight is 258 g/mol. The summed E-state index contributed by atoms with van der Waals surface area (Å²) in [5.74, 6) is 0. The first-order chi connectivity index (χ1) is 8.75. The molecule has 2 N–H and O–H groups in total. The van der Waals surface area contributed by atoms with E-state index in [0.29, 0.717) is 12.2 Å². The van der Waals surface area contributed by atoms with Gasteiger partial charge in [-0.25, -0.2) is 4.79 Å². The number of carbonyl (C=O) groups is 1. The summed E-state index contributed by atoms with van der Waals surface area (Å²) in [4.78, 5) is 12.4. The van der Waals surface area contributed by atoms with Crippen molar-refractivity contribution in [2.45, 2.75) is 11.4 Å². The molecule has 92 valence electrons. The van der Waals surface area contributed by atoms with Crippen LogP contribution in [0.1, 0.15) is 5.56 Å². The van der Waals surface area contributed by atoms with Crippen molar-refractivity contribution in [2.75, 3.05) is 5.32 Å². The van der Waals surface area contributed by atoms with Gasteiger partial charge >= 0.3 is 6.03 Å². The number of hydrogen-bond acceptors (Lipinski definition) is 2. The molecular formula is C14H14N2OS. The summed E-state index contributed by atoms with van der Waals surface area (Å²) in [6.45, 7) is 0.501. The first-order valence-corrected chi connectivity index (χ1v) is 6.07. The van der Waals surface area contributed by atoms with E-state index in [0.717, 1.165) is 10.5 Å². The van der Waals surface area contributed by atoms with Crippen LogP contribution in [0.5, 0.6) is 0 Å². The van der Waals surface area contributed by atoms with Crippen LogP contribution in [0.25, 0.3) is 0 Å². The molecule has 2 aromatic rings. The number of anilines is 1. The topological polar surface area (TPSA) is 41.1 Å². The lowest BCUT2D eigenvalue weighted by Crippen LogP contribution is -2.28. The Labute approximate surface area is 112 Å². The molecule has 0 saturated heterocycles. The van der Waals surface area contributed by atoms with Crippen molar-refractivity contribution in [2.24, 2.45) is 0 Å². The predicted molar refractivity (Wildman–Crippen MR) is 76.0 cm³/mol. The molecular weight excluding hydrogens is 244 g/mol. The van der Waals surface area contributed by atoms with Crippen LogP contribution in [-0.2, 0) is 6.54 Å². The molecule has 0 saturated carbocycles. The minimum atomic E-state index is -0.236. The van der Waals surface area contributed by atoms with Gasteiger partial charge in [0.25, 0.3) is 0 Å². The van der Waals surface area contributed by atoms with Gasteiger partial charge in [0.15, 0.2) is 0 Å². The van der Waals surface area contributed by atoms with Crippen molar-refractivity contribution >= 4 is 24.3 Å². The van der Waals surface area contributed by atoms with E-state index in [-0.39, 0.29) is 6.03 Å². The van der Waals surface area contributed by atoms with Gasteiger partial charge in [-0.1, -0.05) is 42.5 Å². The van der Waals surface area contributed by atoms with Crippen molar-refractivity contribution < 1.29 is 4.79 Å². The third-order valence-corrected chi connectivity index (χ3v) is 2.84.